The molecule has 0 spiro atoms. The van der Waals surface area contributed by atoms with Crippen LogP contribution in [-0.4, -0.2) is 32.4 Å². The largest absolute Gasteiger partial charge is 0.465 e. The molecule has 0 aliphatic heterocycles. The van der Waals surface area contributed by atoms with Crippen LogP contribution in [0.25, 0.3) is 5.65 Å². The zero-order valence-corrected chi connectivity index (χ0v) is 10.4. The average molecular weight is 246 g/mol. The Balaban J connectivity index is 2.09. The fraction of sp³-hybridized carbons (Fsp3) is 0.500. The zero-order valence-electron chi connectivity index (χ0n) is 10.4. The van der Waals surface area contributed by atoms with Crippen molar-refractivity contribution in [1.82, 2.24) is 19.8 Å². The Morgan fingerprint density at radius 1 is 1.44 bits per heavy atom. The minimum atomic E-state index is -0.629. The number of esters is 1. The van der Waals surface area contributed by atoms with Gasteiger partial charge in [0.25, 0.3) is 0 Å². The standard InChI is InChI=1S/C12H14N4O2/c1-3-18-11(17)12(6-7-12)10-14-13-9-5-4-8(2)15-16(9)10/h4-5H,3,6-7H2,1-2H3. The van der Waals surface area contributed by atoms with Gasteiger partial charge in [-0.05, 0) is 38.8 Å². The lowest BCUT2D eigenvalue weighted by atomic mass is 10.1. The van der Waals surface area contributed by atoms with Crippen LogP contribution in [0.1, 0.15) is 31.3 Å². The third-order valence-electron chi connectivity index (χ3n) is 3.24. The molecule has 2 heterocycles. The highest BCUT2D eigenvalue weighted by molar-refractivity contribution is 5.85. The smallest absolute Gasteiger partial charge is 0.319 e. The Morgan fingerprint density at radius 2 is 2.22 bits per heavy atom. The van der Waals surface area contributed by atoms with Gasteiger partial charge in [-0.3, -0.25) is 4.79 Å². The van der Waals surface area contributed by atoms with Crippen molar-refractivity contribution in [2.24, 2.45) is 0 Å². The predicted molar refractivity (Wildman–Crippen MR) is 63.1 cm³/mol. The quantitative estimate of drug-likeness (QED) is 0.756. The van der Waals surface area contributed by atoms with Gasteiger partial charge in [-0.25, -0.2) is 0 Å². The molecular formula is C12H14N4O2. The molecule has 6 heteroatoms. The summed E-state index contributed by atoms with van der Waals surface area (Å²) in [5, 5.41) is 12.5. The van der Waals surface area contributed by atoms with E-state index in [1.54, 1.807) is 11.4 Å². The van der Waals surface area contributed by atoms with Crippen LogP contribution in [0.4, 0.5) is 0 Å². The fourth-order valence-electron chi connectivity index (χ4n) is 2.09. The average Bonchev–Trinajstić information content (AvgIpc) is 3.05. The molecule has 18 heavy (non-hydrogen) atoms. The molecule has 1 saturated carbocycles. The second kappa shape index (κ2) is 3.76. The summed E-state index contributed by atoms with van der Waals surface area (Å²) in [5.74, 6) is 0.377. The van der Waals surface area contributed by atoms with Crippen molar-refractivity contribution < 1.29 is 9.53 Å². The summed E-state index contributed by atoms with van der Waals surface area (Å²) >= 11 is 0. The maximum atomic E-state index is 12.0. The molecule has 2 aromatic rings. The Morgan fingerprint density at radius 3 is 2.89 bits per heavy atom. The summed E-state index contributed by atoms with van der Waals surface area (Å²) in [7, 11) is 0. The summed E-state index contributed by atoms with van der Waals surface area (Å²) in [6.45, 7) is 4.08. The predicted octanol–water partition coefficient (Wildman–Crippen LogP) is 1.03. The van der Waals surface area contributed by atoms with Crippen molar-refractivity contribution in [3.63, 3.8) is 0 Å². The summed E-state index contributed by atoms with van der Waals surface area (Å²) in [5.41, 5.74) is 0.894. The molecule has 6 nitrogen and oxygen atoms in total. The monoisotopic (exact) mass is 246 g/mol. The fourth-order valence-corrected chi connectivity index (χ4v) is 2.09. The topological polar surface area (TPSA) is 69.4 Å². The first-order valence-corrected chi connectivity index (χ1v) is 6.04. The highest BCUT2D eigenvalue weighted by Gasteiger charge is 2.56. The minimum absolute atomic E-state index is 0.220. The molecule has 94 valence electrons. The lowest BCUT2D eigenvalue weighted by molar-refractivity contribution is -0.146. The molecule has 1 fully saturated rings. The summed E-state index contributed by atoms with van der Waals surface area (Å²) in [4.78, 5) is 12.0. The van der Waals surface area contributed by atoms with Gasteiger partial charge in [-0.1, -0.05) is 0 Å². The van der Waals surface area contributed by atoms with Crippen molar-refractivity contribution >= 4 is 11.6 Å². The van der Waals surface area contributed by atoms with Gasteiger partial charge in [0.05, 0.1) is 12.3 Å². The first kappa shape index (κ1) is 11.1. The van der Waals surface area contributed by atoms with Crippen LogP contribution in [0.2, 0.25) is 0 Å². The first-order valence-electron chi connectivity index (χ1n) is 6.04. The molecule has 0 unspecified atom stereocenters. The molecule has 0 amide bonds. The molecule has 1 aliphatic rings. The van der Waals surface area contributed by atoms with Gasteiger partial charge in [-0.15, -0.1) is 10.2 Å². The number of nitrogens with zero attached hydrogens (tertiary/aromatic N) is 4. The van der Waals surface area contributed by atoms with E-state index in [1.807, 2.05) is 19.1 Å². The highest BCUT2D eigenvalue weighted by Crippen LogP contribution is 2.48. The number of fused-ring (bicyclic) bond motifs is 1. The SMILES string of the molecule is CCOC(=O)C1(c2nnc3ccc(C)nn23)CC1. The highest BCUT2D eigenvalue weighted by atomic mass is 16.5. The Bertz CT molecular complexity index is 616. The van der Waals surface area contributed by atoms with Gasteiger partial charge in [0, 0.05) is 0 Å². The van der Waals surface area contributed by atoms with Crippen LogP contribution in [0.5, 0.6) is 0 Å². The van der Waals surface area contributed by atoms with Crippen LogP contribution in [0.15, 0.2) is 12.1 Å². The molecule has 0 atom stereocenters. The number of hydrogen-bond acceptors (Lipinski definition) is 5. The van der Waals surface area contributed by atoms with E-state index in [0.717, 1.165) is 18.5 Å². The zero-order chi connectivity index (χ0) is 12.8. The Labute approximate surface area is 104 Å². The van der Waals surface area contributed by atoms with Crippen molar-refractivity contribution in [2.45, 2.75) is 32.1 Å². The molecule has 0 saturated heterocycles. The Kier molecular flexibility index (Phi) is 2.33. The van der Waals surface area contributed by atoms with E-state index < -0.39 is 5.41 Å². The number of carbonyl (C=O) groups is 1. The number of aromatic nitrogens is 4. The molecule has 1 aliphatic carbocycles. The van der Waals surface area contributed by atoms with Crippen LogP contribution in [0, 0.1) is 6.92 Å². The van der Waals surface area contributed by atoms with Gasteiger partial charge in [0.2, 0.25) is 0 Å². The van der Waals surface area contributed by atoms with Crippen LogP contribution < -0.4 is 0 Å². The van der Waals surface area contributed by atoms with Crippen molar-refractivity contribution in [2.75, 3.05) is 6.61 Å². The maximum Gasteiger partial charge on any atom is 0.319 e. The van der Waals surface area contributed by atoms with E-state index in [1.165, 1.54) is 0 Å². The first-order chi connectivity index (χ1) is 8.67. The van der Waals surface area contributed by atoms with Crippen LogP contribution in [-0.2, 0) is 14.9 Å². The molecule has 0 bridgehead atoms. The van der Waals surface area contributed by atoms with E-state index >= 15 is 0 Å². The number of rotatable bonds is 3. The van der Waals surface area contributed by atoms with Gasteiger partial charge < -0.3 is 4.74 Å². The number of ether oxygens (including phenoxy) is 1. The number of hydrogen-bond donors (Lipinski definition) is 0. The van der Waals surface area contributed by atoms with Gasteiger partial charge in [-0.2, -0.15) is 9.61 Å². The van der Waals surface area contributed by atoms with E-state index in [4.69, 9.17) is 4.74 Å². The molecule has 2 aromatic heterocycles. The van der Waals surface area contributed by atoms with Crippen LogP contribution >= 0.6 is 0 Å². The maximum absolute atomic E-state index is 12.0. The van der Waals surface area contributed by atoms with Gasteiger partial charge in [0.1, 0.15) is 5.41 Å². The van der Waals surface area contributed by atoms with E-state index in [0.29, 0.717) is 18.1 Å². The lowest BCUT2D eigenvalue weighted by Crippen LogP contribution is -2.26. The van der Waals surface area contributed by atoms with Crippen molar-refractivity contribution in [1.29, 1.82) is 0 Å². The summed E-state index contributed by atoms with van der Waals surface area (Å²) in [6, 6.07) is 3.72. The lowest BCUT2D eigenvalue weighted by Gasteiger charge is -2.11. The van der Waals surface area contributed by atoms with Crippen LogP contribution in [0.3, 0.4) is 0 Å². The molecule has 0 aromatic carbocycles. The molecule has 0 radical (unpaired) electrons. The third kappa shape index (κ3) is 1.48. The van der Waals surface area contributed by atoms with Crippen molar-refractivity contribution in [3.05, 3.63) is 23.7 Å². The summed E-state index contributed by atoms with van der Waals surface area (Å²) in [6.07, 6.45) is 1.50. The van der Waals surface area contributed by atoms with E-state index in [-0.39, 0.29) is 5.97 Å². The van der Waals surface area contributed by atoms with Gasteiger partial charge in [0.15, 0.2) is 11.5 Å². The molecular weight excluding hydrogens is 232 g/mol. The molecule has 3 rings (SSSR count). The summed E-state index contributed by atoms with van der Waals surface area (Å²) < 4.78 is 6.78. The Hall–Kier alpha value is -1.98. The van der Waals surface area contributed by atoms with E-state index in [9.17, 15) is 4.79 Å². The second-order valence-corrected chi connectivity index (χ2v) is 4.57. The second-order valence-electron chi connectivity index (χ2n) is 4.57. The molecule has 0 N–H and O–H groups in total. The van der Waals surface area contributed by atoms with Gasteiger partial charge >= 0.3 is 5.97 Å². The normalized spacial score (nSPS) is 16.8. The van der Waals surface area contributed by atoms with Crippen molar-refractivity contribution in [3.8, 4) is 0 Å². The third-order valence-corrected chi connectivity index (χ3v) is 3.24. The minimum Gasteiger partial charge on any atom is -0.465 e. The number of aryl methyl sites for hydroxylation is 1. The van der Waals surface area contributed by atoms with E-state index in [2.05, 4.69) is 15.3 Å². The number of carbonyl (C=O) groups excluding carboxylic acids is 1.